The number of carbonyl (C=O) groups is 3. The van der Waals surface area contributed by atoms with E-state index < -0.39 is 6.10 Å². The predicted octanol–water partition coefficient (Wildman–Crippen LogP) is 21.0. The van der Waals surface area contributed by atoms with Crippen LogP contribution in [0.5, 0.6) is 0 Å². The molecule has 0 aliphatic carbocycles. The van der Waals surface area contributed by atoms with E-state index in [1.54, 1.807) is 0 Å². The normalized spacial score (nSPS) is 12.9. The molecule has 422 valence electrons. The molecular formula is C68H114O6. The van der Waals surface area contributed by atoms with Crippen molar-refractivity contribution < 1.29 is 28.6 Å². The standard InChI is InChI=1S/C68H114O6/c1-4-7-10-13-16-19-22-25-28-31-33-34-35-38-40-43-46-49-52-55-58-61-67(70)73-64-65(63-72-66(69)60-57-54-51-48-45-42-39-36-30-27-24-21-18-15-12-9-6-3)74-68(71)62-59-56-53-50-47-44-41-37-32-29-26-23-20-17-14-11-8-5-2/h7,9-10,12,16,18-19,21,25,27-28,30,33-34,38-40,42,65H,4-6,8,11,13-15,17,20,22-24,26,29,31-32,35-37,41,43-64H2,1-3H3/b10-7-,12-9-,19-16-,21-18-,28-25-,30-27-,34-33-,40-38-,42-39-. The highest BCUT2D eigenvalue weighted by Crippen LogP contribution is 2.16. The number of hydrogen-bond acceptors (Lipinski definition) is 6. The maximum absolute atomic E-state index is 12.9. The summed E-state index contributed by atoms with van der Waals surface area (Å²) in [7, 11) is 0. The lowest BCUT2D eigenvalue weighted by molar-refractivity contribution is -0.167. The van der Waals surface area contributed by atoms with E-state index in [0.29, 0.717) is 19.3 Å². The van der Waals surface area contributed by atoms with Gasteiger partial charge in [-0.1, -0.05) is 271 Å². The van der Waals surface area contributed by atoms with Crippen LogP contribution in [-0.2, 0) is 28.6 Å². The van der Waals surface area contributed by atoms with Crippen LogP contribution in [0.25, 0.3) is 0 Å². The van der Waals surface area contributed by atoms with Crippen molar-refractivity contribution in [1.82, 2.24) is 0 Å². The van der Waals surface area contributed by atoms with Gasteiger partial charge in [-0.05, 0) is 103 Å². The molecule has 0 radical (unpaired) electrons. The summed E-state index contributed by atoms with van der Waals surface area (Å²) in [6.07, 6.45) is 83.7. The fourth-order valence-electron chi connectivity index (χ4n) is 8.46. The first-order valence-electron chi connectivity index (χ1n) is 30.9. The third-order valence-electron chi connectivity index (χ3n) is 13.0. The molecule has 0 saturated carbocycles. The molecule has 74 heavy (non-hydrogen) atoms. The molecule has 1 unspecified atom stereocenters. The largest absolute Gasteiger partial charge is 0.462 e. The van der Waals surface area contributed by atoms with Gasteiger partial charge in [0.25, 0.3) is 0 Å². The quantitative estimate of drug-likeness (QED) is 0.0261. The highest BCUT2D eigenvalue weighted by molar-refractivity contribution is 5.71. The Hall–Kier alpha value is -3.93. The van der Waals surface area contributed by atoms with Crippen molar-refractivity contribution in [2.24, 2.45) is 0 Å². The second kappa shape index (κ2) is 61.6. The Morgan fingerprint density at radius 1 is 0.284 bits per heavy atom. The fraction of sp³-hybridized carbons (Fsp3) is 0.691. The minimum absolute atomic E-state index is 0.0957. The maximum Gasteiger partial charge on any atom is 0.306 e. The average molecular weight is 1030 g/mol. The van der Waals surface area contributed by atoms with E-state index in [2.05, 4.69) is 130 Å². The Bertz CT molecular complexity index is 1510. The van der Waals surface area contributed by atoms with Gasteiger partial charge in [0.05, 0.1) is 0 Å². The number of carbonyl (C=O) groups excluding carboxylic acids is 3. The van der Waals surface area contributed by atoms with E-state index in [1.807, 2.05) is 0 Å². The van der Waals surface area contributed by atoms with Crippen LogP contribution in [0.15, 0.2) is 109 Å². The van der Waals surface area contributed by atoms with E-state index in [1.165, 1.54) is 96.3 Å². The summed E-state index contributed by atoms with van der Waals surface area (Å²) >= 11 is 0. The topological polar surface area (TPSA) is 78.9 Å². The summed E-state index contributed by atoms with van der Waals surface area (Å²) in [5.74, 6) is -0.928. The van der Waals surface area contributed by atoms with Gasteiger partial charge in [-0.15, -0.1) is 0 Å². The molecule has 0 saturated heterocycles. The van der Waals surface area contributed by atoms with Gasteiger partial charge in [0, 0.05) is 19.3 Å². The molecule has 0 bridgehead atoms. The highest BCUT2D eigenvalue weighted by Gasteiger charge is 2.19. The summed E-state index contributed by atoms with van der Waals surface area (Å²) < 4.78 is 16.9. The van der Waals surface area contributed by atoms with Gasteiger partial charge in [0.2, 0.25) is 0 Å². The zero-order valence-electron chi connectivity index (χ0n) is 48.3. The fourth-order valence-corrected chi connectivity index (χ4v) is 8.46. The molecule has 6 nitrogen and oxygen atoms in total. The monoisotopic (exact) mass is 1030 g/mol. The predicted molar refractivity (Wildman–Crippen MR) is 320 cm³/mol. The molecule has 0 amide bonds. The Balaban J connectivity index is 4.45. The number of allylic oxidation sites excluding steroid dienone is 18. The highest BCUT2D eigenvalue weighted by atomic mass is 16.6. The van der Waals surface area contributed by atoms with Gasteiger partial charge >= 0.3 is 17.9 Å². The Morgan fingerprint density at radius 2 is 0.527 bits per heavy atom. The van der Waals surface area contributed by atoms with E-state index in [-0.39, 0.29) is 31.1 Å². The Morgan fingerprint density at radius 3 is 0.824 bits per heavy atom. The SMILES string of the molecule is CC/C=C\C/C=C\C/C=C\C/C=C\C/C=C\CCCCCCCC(=O)OCC(COC(=O)CCCCCC/C=C\C/C=C\C/C=C\C/C=C\CC)OC(=O)CCCCCCCCCCCCCCCCCCCC. The third-order valence-corrected chi connectivity index (χ3v) is 13.0. The van der Waals surface area contributed by atoms with Gasteiger partial charge in [-0.25, -0.2) is 0 Å². The molecule has 0 aliphatic heterocycles. The average Bonchev–Trinajstić information content (AvgIpc) is 3.40. The molecule has 0 N–H and O–H groups in total. The van der Waals surface area contributed by atoms with Crippen LogP contribution >= 0.6 is 0 Å². The van der Waals surface area contributed by atoms with Gasteiger partial charge in [-0.2, -0.15) is 0 Å². The number of esters is 3. The van der Waals surface area contributed by atoms with E-state index in [0.717, 1.165) is 148 Å². The molecule has 0 aromatic heterocycles. The summed E-state index contributed by atoms with van der Waals surface area (Å²) in [4.78, 5) is 38.3. The van der Waals surface area contributed by atoms with E-state index in [9.17, 15) is 14.4 Å². The second-order valence-corrected chi connectivity index (χ2v) is 20.2. The van der Waals surface area contributed by atoms with Crippen LogP contribution < -0.4 is 0 Å². The van der Waals surface area contributed by atoms with Gasteiger partial charge in [0.15, 0.2) is 6.10 Å². The lowest BCUT2D eigenvalue weighted by Crippen LogP contribution is -2.30. The first kappa shape index (κ1) is 70.1. The van der Waals surface area contributed by atoms with Crippen LogP contribution in [0.4, 0.5) is 0 Å². The minimum atomic E-state index is -0.798. The maximum atomic E-state index is 12.9. The van der Waals surface area contributed by atoms with Crippen molar-refractivity contribution in [2.75, 3.05) is 13.2 Å². The molecule has 0 aromatic carbocycles. The zero-order valence-corrected chi connectivity index (χ0v) is 48.3. The van der Waals surface area contributed by atoms with Crippen molar-refractivity contribution in [1.29, 1.82) is 0 Å². The third kappa shape index (κ3) is 59.0. The first-order chi connectivity index (χ1) is 36.5. The molecular weight excluding hydrogens is 913 g/mol. The Kier molecular flexibility index (Phi) is 58.3. The number of rotatable bonds is 55. The molecule has 6 heteroatoms. The van der Waals surface area contributed by atoms with Crippen molar-refractivity contribution in [2.45, 2.75) is 290 Å². The van der Waals surface area contributed by atoms with Crippen molar-refractivity contribution >= 4 is 17.9 Å². The van der Waals surface area contributed by atoms with Crippen molar-refractivity contribution in [3.8, 4) is 0 Å². The summed E-state index contributed by atoms with van der Waals surface area (Å²) in [5.41, 5.74) is 0. The van der Waals surface area contributed by atoms with Crippen LogP contribution in [0.1, 0.15) is 284 Å². The van der Waals surface area contributed by atoms with Crippen LogP contribution in [0.3, 0.4) is 0 Å². The molecule has 0 aromatic rings. The van der Waals surface area contributed by atoms with E-state index >= 15 is 0 Å². The molecule has 0 fully saturated rings. The first-order valence-corrected chi connectivity index (χ1v) is 30.9. The molecule has 0 rings (SSSR count). The molecule has 0 aliphatic rings. The number of unbranched alkanes of at least 4 members (excludes halogenated alkanes) is 26. The number of ether oxygens (including phenoxy) is 3. The van der Waals surface area contributed by atoms with Crippen LogP contribution in [-0.4, -0.2) is 37.2 Å². The van der Waals surface area contributed by atoms with Crippen molar-refractivity contribution in [3.63, 3.8) is 0 Å². The lowest BCUT2D eigenvalue weighted by Gasteiger charge is -2.18. The summed E-state index contributed by atoms with van der Waals surface area (Å²) in [6, 6.07) is 0. The van der Waals surface area contributed by atoms with E-state index in [4.69, 9.17) is 14.2 Å². The number of hydrogen-bond donors (Lipinski definition) is 0. The van der Waals surface area contributed by atoms with Gasteiger partial charge in [0.1, 0.15) is 13.2 Å². The zero-order chi connectivity index (χ0) is 53.6. The summed E-state index contributed by atoms with van der Waals surface area (Å²) in [6.45, 7) is 6.40. The summed E-state index contributed by atoms with van der Waals surface area (Å²) in [5, 5.41) is 0. The lowest BCUT2D eigenvalue weighted by atomic mass is 10.0. The van der Waals surface area contributed by atoms with Gasteiger partial charge < -0.3 is 14.2 Å². The smallest absolute Gasteiger partial charge is 0.306 e. The van der Waals surface area contributed by atoms with Crippen LogP contribution in [0, 0.1) is 0 Å². The van der Waals surface area contributed by atoms with Gasteiger partial charge in [-0.3, -0.25) is 14.4 Å². The van der Waals surface area contributed by atoms with Crippen LogP contribution in [0.2, 0.25) is 0 Å². The minimum Gasteiger partial charge on any atom is -0.462 e. The molecule has 0 heterocycles. The Labute approximate surface area is 457 Å². The van der Waals surface area contributed by atoms with Crippen molar-refractivity contribution in [3.05, 3.63) is 109 Å². The molecule has 0 spiro atoms. The molecule has 1 atom stereocenters. The second-order valence-electron chi connectivity index (χ2n) is 20.2.